The first-order valence-electron chi connectivity index (χ1n) is 12.5. The van der Waals surface area contributed by atoms with Gasteiger partial charge in [0.2, 0.25) is 17.7 Å². The summed E-state index contributed by atoms with van der Waals surface area (Å²) in [5, 5.41) is 1.63. The minimum atomic E-state index is -0.279. The normalized spacial score (nSPS) is 28.9. The Kier molecular flexibility index (Phi) is 6.38. The van der Waals surface area contributed by atoms with E-state index < -0.39 is 0 Å². The molecule has 0 aromatic heterocycles. The quantitative estimate of drug-likeness (QED) is 0.745. The number of likely N-dealkylation sites (tertiary alicyclic amines) is 1. The van der Waals surface area contributed by atoms with Crippen LogP contribution in [0, 0.1) is 17.8 Å². The van der Waals surface area contributed by atoms with Crippen molar-refractivity contribution in [2.75, 3.05) is 50.8 Å². The fourth-order valence-electron chi connectivity index (χ4n) is 6.01. The summed E-state index contributed by atoms with van der Waals surface area (Å²) in [4.78, 5) is 45.8. The Bertz CT molecular complexity index is 879. The number of nitrogens with zero attached hydrogens (tertiary/aromatic N) is 4. The standard InChI is InChI=1S/C25H35N5O3/c1-2-27-16-20(22-21(17-27)25(33)30(26-22)19-10-4-3-5-11-19)24(32)29-14-12-28(13-15-29)23(31)18-8-6-7-9-18/h3-5,10-11,18,20-22,26H,2,6-9,12-17H2,1H3. The highest BCUT2D eigenvalue weighted by molar-refractivity contribution is 5.98. The van der Waals surface area contributed by atoms with Gasteiger partial charge in [-0.15, -0.1) is 0 Å². The van der Waals surface area contributed by atoms with E-state index in [9.17, 15) is 14.4 Å². The van der Waals surface area contributed by atoms with Gasteiger partial charge in [0.15, 0.2) is 0 Å². The van der Waals surface area contributed by atoms with Crippen LogP contribution in [-0.4, -0.2) is 84.3 Å². The average molecular weight is 454 g/mol. The van der Waals surface area contributed by atoms with Gasteiger partial charge in [0.25, 0.3) is 0 Å². The molecule has 33 heavy (non-hydrogen) atoms. The molecule has 1 aliphatic carbocycles. The second-order valence-corrected chi connectivity index (χ2v) is 9.86. The van der Waals surface area contributed by atoms with E-state index >= 15 is 0 Å². The van der Waals surface area contributed by atoms with Gasteiger partial charge in [-0.3, -0.25) is 14.4 Å². The van der Waals surface area contributed by atoms with E-state index in [0.29, 0.717) is 39.3 Å². The molecule has 178 valence electrons. The van der Waals surface area contributed by atoms with Crippen LogP contribution in [0.3, 0.4) is 0 Å². The lowest BCUT2D eigenvalue weighted by Crippen LogP contribution is -2.60. The van der Waals surface area contributed by atoms with Gasteiger partial charge < -0.3 is 14.7 Å². The number of carbonyl (C=O) groups is 3. The number of hydrazine groups is 1. The summed E-state index contributed by atoms with van der Waals surface area (Å²) in [6.45, 7) is 6.60. The fraction of sp³-hybridized carbons (Fsp3) is 0.640. The zero-order valence-corrected chi connectivity index (χ0v) is 19.5. The first kappa shape index (κ1) is 22.3. The number of nitrogens with one attached hydrogen (secondary N) is 1. The van der Waals surface area contributed by atoms with Gasteiger partial charge in [0.05, 0.1) is 23.6 Å². The van der Waals surface area contributed by atoms with Gasteiger partial charge in [-0.1, -0.05) is 38.0 Å². The maximum absolute atomic E-state index is 13.7. The Hall–Kier alpha value is -2.45. The minimum absolute atomic E-state index is 0.0362. The van der Waals surface area contributed by atoms with Gasteiger partial charge in [0, 0.05) is 45.2 Å². The van der Waals surface area contributed by atoms with Crippen LogP contribution >= 0.6 is 0 Å². The third-order valence-corrected chi connectivity index (χ3v) is 7.98. The molecule has 8 nitrogen and oxygen atoms in total. The Balaban J connectivity index is 1.27. The second-order valence-electron chi connectivity index (χ2n) is 9.86. The number of anilines is 1. The van der Waals surface area contributed by atoms with Crippen LogP contribution in [0.15, 0.2) is 30.3 Å². The summed E-state index contributed by atoms with van der Waals surface area (Å²) in [5.74, 6) is 0.0789. The summed E-state index contributed by atoms with van der Waals surface area (Å²) in [6.07, 6.45) is 4.32. The molecule has 0 spiro atoms. The van der Waals surface area contributed by atoms with Gasteiger partial charge in [-0.25, -0.2) is 10.4 Å². The maximum atomic E-state index is 13.7. The number of piperidine rings is 1. The summed E-state index contributed by atoms with van der Waals surface area (Å²) in [7, 11) is 0. The third-order valence-electron chi connectivity index (χ3n) is 7.98. The van der Waals surface area contributed by atoms with Crippen LogP contribution in [0.5, 0.6) is 0 Å². The molecular formula is C25H35N5O3. The number of hydrogen-bond acceptors (Lipinski definition) is 5. The highest BCUT2D eigenvalue weighted by Crippen LogP contribution is 2.33. The third kappa shape index (κ3) is 4.26. The molecule has 3 saturated heterocycles. The van der Waals surface area contributed by atoms with Crippen molar-refractivity contribution in [2.24, 2.45) is 17.8 Å². The van der Waals surface area contributed by atoms with E-state index in [-0.39, 0.29) is 41.5 Å². The van der Waals surface area contributed by atoms with Crippen LogP contribution in [0.4, 0.5) is 5.69 Å². The Morgan fingerprint density at radius 3 is 2.21 bits per heavy atom. The van der Waals surface area contributed by atoms with Crippen molar-refractivity contribution in [3.05, 3.63) is 30.3 Å². The molecule has 8 heteroatoms. The highest BCUT2D eigenvalue weighted by atomic mass is 16.2. The lowest BCUT2D eigenvalue weighted by Gasteiger charge is -2.42. The first-order chi connectivity index (χ1) is 16.1. The van der Waals surface area contributed by atoms with E-state index in [1.165, 1.54) is 0 Å². The molecule has 1 N–H and O–H groups in total. The van der Waals surface area contributed by atoms with Crippen LogP contribution < -0.4 is 10.4 Å². The SMILES string of the molecule is CCN1CC(C(=O)N2CCN(C(=O)C3CCCC3)CC2)C2NN(c3ccccc3)C(=O)C2C1. The predicted molar refractivity (Wildman–Crippen MR) is 125 cm³/mol. The van der Waals surface area contributed by atoms with Crippen molar-refractivity contribution in [1.82, 2.24) is 20.1 Å². The number of rotatable bonds is 4. The molecule has 0 bridgehead atoms. The molecule has 5 rings (SSSR count). The Morgan fingerprint density at radius 1 is 0.939 bits per heavy atom. The average Bonchev–Trinajstić information content (AvgIpc) is 3.52. The molecule has 3 aliphatic heterocycles. The van der Waals surface area contributed by atoms with Gasteiger partial charge in [-0.2, -0.15) is 0 Å². The molecule has 1 saturated carbocycles. The molecule has 4 fully saturated rings. The first-order valence-corrected chi connectivity index (χ1v) is 12.5. The Morgan fingerprint density at radius 2 is 1.58 bits per heavy atom. The summed E-state index contributed by atoms with van der Waals surface area (Å²) in [6, 6.07) is 9.39. The number of fused-ring (bicyclic) bond motifs is 1. The van der Waals surface area contributed by atoms with Crippen LogP contribution in [0.2, 0.25) is 0 Å². The van der Waals surface area contributed by atoms with Gasteiger partial charge in [-0.05, 0) is 31.5 Å². The molecule has 1 aromatic rings. The van der Waals surface area contributed by atoms with Crippen LogP contribution in [0.25, 0.3) is 0 Å². The van der Waals surface area contributed by atoms with Crippen LogP contribution in [0.1, 0.15) is 32.6 Å². The number of piperazine rings is 1. The van der Waals surface area contributed by atoms with Crippen molar-refractivity contribution >= 4 is 23.4 Å². The van der Waals surface area contributed by atoms with Crippen molar-refractivity contribution in [3.8, 4) is 0 Å². The highest BCUT2D eigenvalue weighted by Gasteiger charge is 2.51. The van der Waals surface area contributed by atoms with Crippen molar-refractivity contribution < 1.29 is 14.4 Å². The van der Waals surface area contributed by atoms with E-state index in [0.717, 1.165) is 37.9 Å². The minimum Gasteiger partial charge on any atom is -0.339 e. The number of amides is 3. The van der Waals surface area contributed by atoms with Crippen molar-refractivity contribution in [2.45, 2.75) is 38.6 Å². The van der Waals surface area contributed by atoms with Crippen molar-refractivity contribution in [1.29, 1.82) is 0 Å². The molecule has 1 aromatic carbocycles. The number of hydrogen-bond donors (Lipinski definition) is 1. The zero-order chi connectivity index (χ0) is 22.9. The van der Waals surface area contributed by atoms with E-state index in [1.54, 1.807) is 5.01 Å². The van der Waals surface area contributed by atoms with E-state index in [2.05, 4.69) is 17.2 Å². The molecule has 3 atom stereocenters. The molecule has 3 amide bonds. The molecule has 0 radical (unpaired) electrons. The van der Waals surface area contributed by atoms with Crippen molar-refractivity contribution in [3.63, 3.8) is 0 Å². The second kappa shape index (κ2) is 9.43. The predicted octanol–water partition coefficient (Wildman–Crippen LogP) is 1.34. The van der Waals surface area contributed by atoms with Gasteiger partial charge >= 0.3 is 0 Å². The Labute approximate surface area is 195 Å². The maximum Gasteiger partial charge on any atom is 0.247 e. The van der Waals surface area contributed by atoms with Gasteiger partial charge in [0.1, 0.15) is 0 Å². The fourth-order valence-corrected chi connectivity index (χ4v) is 6.01. The molecule has 3 unspecified atom stereocenters. The summed E-state index contributed by atoms with van der Waals surface area (Å²) >= 11 is 0. The largest absolute Gasteiger partial charge is 0.339 e. The lowest BCUT2D eigenvalue weighted by molar-refractivity contribution is -0.146. The molecular weight excluding hydrogens is 418 g/mol. The monoisotopic (exact) mass is 453 g/mol. The number of carbonyl (C=O) groups excluding carboxylic acids is 3. The number of para-hydroxylation sites is 1. The topological polar surface area (TPSA) is 76.2 Å². The summed E-state index contributed by atoms with van der Waals surface area (Å²) in [5.41, 5.74) is 4.19. The lowest BCUT2D eigenvalue weighted by atomic mass is 9.83. The van der Waals surface area contributed by atoms with E-state index in [4.69, 9.17) is 0 Å². The molecule has 4 aliphatic rings. The summed E-state index contributed by atoms with van der Waals surface area (Å²) < 4.78 is 0. The van der Waals surface area contributed by atoms with E-state index in [1.807, 2.05) is 40.1 Å². The van der Waals surface area contributed by atoms with Crippen LogP contribution in [-0.2, 0) is 14.4 Å². The number of benzene rings is 1. The molecule has 3 heterocycles. The zero-order valence-electron chi connectivity index (χ0n) is 19.5. The smallest absolute Gasteiger partial charge is 0.247 e.